The summed E-state index contributed by atoms with van der Waals surface area (Å²) in [6.07, 6.45) is 0. The van der Waals surface area contributed by atoms with Crippen molar-refractivity contribution in [1.29, 1.82) is 0 Å². The standard InChI is InChI=1S/C26H28N2O5/c1-17(2)24(28-25(29)22-15-14-21(31-3)16-23(22)32-4)26(30)27-18-10-12-20(13-11-18)33-19-8-6-5-7-9-19/h5-17,24H,1-4H3,(H,27,30)(H,28,29). The van der Waals surface area contributed by atoms with Gasteiger partial charge >= 0.3 is 0 Å². The van der Waals surface area contributed by atoms with E-state index in [1.54, 1.807) is 42.5 Å². The second-order valence-corrected chi connectivity index (χ2v) is 7.69. The van der Waals surface area contributed by atoms with Crippen LogP contribution < -0.4 is 24.8 Å². The molecule has 0 saturated carbocycles. The molecular weight excluding hydrogens is 420 g/mol. The molecule has 3 rings (SSSR count). The van der Waals surface area contributed by atoms with E-state index in [2.05, 4.69) is 10.6 Å². The van der Waals surface area contributed by atoms with E-state index in [0.717, 1.165) is 5.75 Å². The van der Waals surface area contributed by atoms with Gasteiger partial charge in [0.25, 0.3) is 5.91 Å². The first-order chi connectivity index (χ1) is 15.9. The molecule has 172 valence electrons. The number of benzene rings is 3. The molecule has 2 amide bonds. The molecule has 7 heteroatoms. The van der Waals surface area contributed by atoms with Crippen molar-refractivity contribution in [3.8, 4) is 23.0 Å². The van der Waals surface area contributed by atoms with Crippen molar-refractivity contribution in [2.75, 3.05) is 19.5 Å². The Bertz CT molecular complexity index is 1080. The van der Waals surface area contributed by atoms with Crippen molar-refractivity contribution in [2.45, 2.75) is 19.9 Å². The highest BCUT2D eigenvalue weighted by molar-refractivity contribution is 6.02. The Labute approximate surface area is 193 Å². The second kappa shape index (κ2) is 11.0. The van der Waals surface area contributed by atoms with E-state index >= 15 is 0 Å². The van der Waals surface area contributed by atoms with E-state index in [4.69, 9.17) is 14.2 Å². The first-order valence-electron chi connectivity index (χ1n) is 10.6. The van der Waals surface area contributed by atoms with Gasteiger partial charge in [0, 0.05) is 11.8 Å². The van der Waals surface area contributed by atoms with Crippen molar-refractivity contribution < 1.29 is 23.8 Å². The molecule has 0 spiro atoms. The SMILES string of the molecule is COc1ccc(C(=O)NC(C(=O)Nc2ccc(Oc3ccccc3)cc2)C(C)C)c(OC)c1. The lowest BCUT2D eigenvalue weighted by atomic mass is 10.0. The van der Waals surface area contributed by atoms with Gasteiger partial charge in [-0.25, -0.2) is 0 Å². The molecule has 0 heterocycles. The number of carbonyl (C=O) groups excluding carboxylic acids is 2. The fraction of sp³-hybridized carbons (Fsp3) is 0.231. The summed E-state index contributed by atoms with van der Waals surface area (Å²) < 4.78 is 16.3. The van der Waals surface area contributed by atoms with Crippen LogP contribution in [0, 0.1) is 5.92 Å². The zero-order valence-electron chi connectivity index (χ0n) is 19.1. The van der Waals surface area contributed by atoms with Crippen LogP contribution in [-0.2, 0) is 4.79 Å². The second-order valence-electron chi connectivity index (χ2n) is 7.69. The van der Waals surface area contributed by atoms with Crippen LogP contribution in [0.5, 0.6) is 23.0 Å². The molecule has 0 aromatic heterocycles. The Kier molecular flexibility index (Phi) is 7.91. The quantitative estimate of drug-likeness (QED) is 0.487. The zero-order chi connectivity index (χ0) is 23.8. The van der Waals surface area contributed by atoms with Gasteiger partial charge in [0.15, 0.2) is 0 Å². The number of carbonyl (C=O) groups is 2. The summed E-state index contributed by atoms with van der Waals surface area (Å²) >= 11 is 0. The predicted octanol–water partition coefficient (Wildman–Crippen LogP) is 4.89. The van der Waals surface area contributed by atoms with E-state index < -0.39 is 11.9 Å². The average Bonchev–Trinajstić information content (AvgIpc) is 2.83. The molecule has 3 aromatic carbocycles. The number of para-hydroxylation sites is 1. The van der Waals surface area contributed by atoms with Crippen LogP contribution in [0.1, 0.15) is 24.2 Å². The van der Waals surface area contributed by atoms with Gasteiger partial charge in [-0.1, -0.05) is 32.0 Å². The summed E-state index contributed by atoms with van der Waals surface area (Å²) in [6, 6.07) is 20.6. The number of hydrogen-bond acceptors (Lipinski definition) is 5. The van der Waals surface area contributed by atoms with Crippen LogP contribution in [-0.4, -0.2) is 32.1 Å². The molecule has 2 N–H and O–H groups in total. The summed E-state index contributed by atoms with van der Waals surface area (Å²) in [4.78, 5) is 25.8. The molecule has 0 saturated heterocycles. The van der Waals surface area contributed by atoms with Crippen molar-refractivity contribution in [1.82, 2.24) is 5.32 Å². The largest absolute Gasteiger partial charge is 0.497 e. The van der Waals surface area contributed by atoms with E-state index in [1.165, 1.54) is 14.2 Å². The number of methoxy groups -OCH3 is 2. The monoisotopic (exact) mass is 448 g/mol. The van der Waals surface area contributed by atoms with Gasteiger partial charge in [0.2, 0.25) is 5.91 Å². The molecule has 0 fully saturated rings. The van der Waals surface area contributed by atoms with Crippen LogP contribution in [0.3, 0.4) is 0 Å². The lowest BCUT2D eigenvalue weighted by Crippen LogP contribution is -2.47. The van der Waals surface area contributed by atoms with Crippen LogP contribution in [0.15, 0.2) is 72.8 Å². The van der Waals surface area contributed by atoms with E-state index in [9.17, 15) is 9.59 Å². The van der Waals surface area contributed by atoms with Crippen molar-refractivity contribution >= 4 is 17.5 Å². The van der Waals surface area contributed by atoms with Gasteiger partial charge in [-0.2, -0.15) is 0 Å². The summed E-state index contributed by atoms with van der Waals surface area (Å²) in [5, 5.41) is 5.67. The van der Waals surface area contributed by atoms with Gasteiger partial charge in [0.05, 0.1) is 19.8 Å². The van der Waals surface area contributed by atoms with Gasteiger partial charge in [0.1, 0.15) is 29.0 Å². The fourth-order valence-corrected chi connectivity index (χ4v) is 3.19. The molecule has 0 bridgehead atoms. The molecular formula is C26H28N2O5. The first-order valence-corrected chi connectivity index (χ1v) is 10.6. The maximum atomic E-state index is 12.9. The van der Waals surface area contributed by atoms with Crippen LogP contribution >= 0.6 is 0 Å². The molecule has 0 radical (unpaired) electrons. The topological polar surface area (TPSA) is 85.9 Å². The van der Waals surface area contributed by atoms with Crippen molar-refractivity contribution in [3.05, 3.63) is 78.4 Å². The Hall–Kier alpha value is -4.00. The van der Waals surface area contributed by atoms with E-state index in [0.29, 0.717) is 28.5 Å². The van der Waals surface area contributed by atoms with Gasteiger partial charge < -0.3 is 24.8 Å². The summed E-state index contributed by atoms with van der Waals surface area (Å²) in [5.41, 5.74) is 0.918. The molecule has 1 unspecified atom stereocenters. The Balaban J connectivity index is 1.67. The van der Waals surface area contributed by atoms with E-state index in [-0.39, 0.29) is 11.8 Å². The Morgan fingerprint density at radius 2 is 1.42 bits per heavy atom. The average molecular weight is 449 g/mol. The molecule has 33 heavy (non-hydrogen) atoms. The van der Waals surface area contributed by atoms with Crippen molar-refractivity contribution in [3.63, 3.8) is 0 Å². The summed E-state index contributed by atoms with van der Waals surface area (Å²) in [5.74, 6) is 1.45. The fourth-order valence-electron chi connectivity index (χ4n) is 3.19. The van der Waals surface area contributed by atoms with Crippen LogP contribution in [0.25, 0.3) is 0 Å². The lowest BCUT2D eigenvalue weighted by molar-refractivity contribution is -0.118. The van der Waals surface area contributed by atoms with Crippen molar-refractivity contribution in [2.24, 2.45) is 5.92 Å². The minimum atomic E-state index is -0.746. The van der Waals surface area contributed by atoms with E-state index in [1.807, 2.05) is 44.2 Å². The van der Waals surface area contributed by atoms with Gasteiger partial charge in [-0.05, 0) is 54.4 Å². The van der Waals surface area contributed by atoms with Crippen LogP contribution in [0.2, 0.25) is 0 Å². The number of amides is 2. The third-order valence-electron chi connectivity index (χ3n) is 4.99. The Morgan fingerprint density at radius 1 is 0.788 bits per heavy atom. The van der Waals surface area contributed by atoms with Gasteiger partial charge in [-0.15, -0.1) is 0 Å². The summed E-state index contributed by atoms with van der Waals surface area (Å²) in [6.45, 7) is 3.74. The highest BCUT2D eigenvalue weighted by atomic mass is 16.5. The third-order valence-corrected chi connectivity index (χ3v) is 4.99. The minimum absolute atomic E-state index is 0.140. The minimum Gasteiger partial charge on any atom is -0.497 e. The molecule has 1 atom stereocenters. The molecule has 3 aromatic rings. The molecule has 0 aliphatic carbocycles. The Morgan fingerprint density at radius 3 is 2.03 bits per heavy atom. The van der Waals surface area contributed by atoms with Crippen LogP contribution in [0.4, 0.5) is 5.69 Å². The molecule has 0 aliphatic rings. The number of ether oxygens (including phenoxy) is 3. The smallest absolute Gasteiger partial charge is 0.255 e. The molecule has 7 nitrogen and oxygen atoms in total. The predicted molar refractivity (Wildman–Crippen MR) is 127 cm³/mol. The first kappa shape index (κ1) is 23.7. The highest BCUT2D eigenvalue weighted by Crippen LogP contribution is 2.25. The maximum Gasteiger partial charge on any atom is 0.255 e. The number of nitrogens with one attached hydrogen (secondary N) is 2. The normalized spacial score (nSPS) is 11.4. The zero-order valence-corrected chi connectivity index (χ0v) is 19.1. The highest BCUT2D eigenvalue weighted by Gasteiger charge is 2.26. The van der Waals surface area contributed by atoms with Gasteiger partial charge in [-0.3, -0.25) is 9.59 Å². The summed E-state index contributed by atoms with van der Waals surface area (Å²) in [7, 11) is 3.01. The maximum absolute atomic E-state index is 12.9. The lowest BCUT2D eigenvalue weighted by Gasteiger charge is -2.22. The number of anilines is 1. The third kappa shape index (κ3) is 6.26. The molecule has 0 aliphatic heterocycles. The number of hydrogen-bond donors (Lipinski definition) is 2. The number of rotatable bonds is 9.